The summed E-state index contributed by atoms with van der Waals surface area (Å²) in [6.45, 7) is 0.922. The van der Waals surface area contributed by atoms with Crippen molar-refractivity contribution in [3.63, 3.8) is 0 Å². The Balaban J connectivity index is 1.83. The van der Waals surface area contributed by atoms with Crippen molar-refractivity contribution in [3.05, 3.63) is 35.0 Å². The molecular formula is C16H17ClN2O2. The van der Waals surface area contributed by atoms with Crippen LogP contribution in [0.3, 0.4) is 0 Å². The van der Waals surface area contributed by atoms with E-state index in [1.807, 2.05) is 19.2 Å². The molecule has 2 aliphatic heterocycles. The lowest BCUT2D eigenvalue weighted by molar-refractivity contribution is -0.145. The van der Waals surface area contributed by atoms with Crippen LogP contribution in [0.15, 0.2) is 24.3 Å². The van der Waals surface area contributed by atoms with Crippen molar-refractivity contribution in [2.24, 2.45) is 5.92 Å². The molecule has 2 aliphatic rings. The van der Waals surface area contributed by atoms with E-state index in [2.05, 4.69) is 21.6 Å². The number of benzene rings is 1. The zero-order valence-corrected chi connectivity index (χ0v) is 12.8. The number of rotatable bonds is 1. The van der Waals surface area contributed by atoms with Crippen molar-refractivity contribution in [3.8, 4) is 0 Å². The molecule has 4 rings (SSSR count). The molecule has 0 bridgehead atoms. The lowest BCUT2D eigenvalue weighted by atomic mass is 10.00. The fraction of sp³-hybridized carbons (Fsp3) is 0.438. The first-order chi connectivity index (χ1) is 10.1. The predicted octanol–water partition coefficient (Wildman–Crippen LogP) is 2.84. The molecule has 1 aromatic heterocycles. The van der Waals surface area contributed by atoms with E-state index in [-0.39, 0.29) is 18.1 Å². The number of halogens is 1. The largest absolute Gasteiger partial charge is 0.468 e. The second-order valence-electron chi connectivity index (χ2n) is 5.97. The number of hydrogen-bond donors (Lipinski definition) is 0. The number of aromatic nitrogens is 1. The Bertz CT molecular complexity index is 739. The number of carbonyl (C=O) groups is 1. The molecule has 0 radical (unpaired) electrons. The fourth-order valence-electron chi connectivity index (χ4n) is 4.10. The number of methoxy groups -OCH3 is 1. The Morgan fingerprint density at radius 2 is 2.14 bits per heavy atom. The molecule has 3 heterocycles. The van der Waals surface area contributed by atoms with Crippen LogP contribution in [0, 0.1) is 5.92 Å². The van der Waals surface area contributed by atoms with Crippen LogP contribution in [0.4, 0.5) is 0 Å². The number of nitrogens with zero attached hydrogens (tertiary/aromatic N) is 2. The Morgan fingerprint density at radius 1 is 1.38 bits per heavy atom. The molecule has 1 fully saturated rings. The van der Waals surface area contributed by atoms with Crippen molar-refractivity contribution in [1.29, 1.82) is 0 Å². The average molecular weight is 305 g/mol. The normalized spacial score (nSPS) is 27.9. The minimum atomic E-state index is -0.159. The number of carbonyl (C=O) groups excluding carboxylic acids is 1. The minimum Gasteiger partial charge on any atom is -0.468 e. The summed E-state index contributed by atoms with van der Waals surface area (Å²) in [6, 6.07) is 8.27. The van der Waals surface area contributed by atoms with Crippen molar-refractivity contribution < 1.29 is 9.53 Å². The van der Waals surface area contributed by atoms with Crippen LogP contribution in [0.25, 0.3) is 10.9 Å². The van der Waals surface area contributed by atoms with Crippen molar-refractivity contribution in [2.75, 3.05) is 14.2 Å². The van der Waals surface area contributed by atoms with Gasteiger partial charge in [-0.15, -0.1) is 0 Å². The predicted molar refractivity (Wildman–Crippen MR) is 81.4 cm³/mol. The van der Waals surface area contributed by atoms with E-state index in [0.717, 1.165) is 29.1 Å². The molecule has 0 saturated carbocycles. The number of likely N-dealkylation sites (tertiary alicyclic amines) is 1. The highest BCUT2D eigenvalue weighted by Gasteiger charge is 2.49. The summed E-state index contributed by atoms with van der Waals surface area (Å²) in [4.78, 5) is 14.0. The number of ether oxygens (including phenoxy) is 1. The summed E-state index contributed by atoms with van der Waals surface area (Å²) in [5.74, 6) is 0.280. The first kappa shape index (κ1) is 13.2. The molecule has 0 spiro atoms. The Labute approximate surface area is 128 Å². The molecule has 5 heteroatoms. The molecular weight excluding hydrogens is 288 g/mol. The van der Waals surface area contributed by atoms with Crippen LogP contribution >= 0.6 is 11.6 Å². The van der Waals surface area contributed by atoms with Gasteiger partial charge >= 0.3 is 5.97 Å². The van der Waals surface area contributed by atoms with Gasteiger partial charge in [0.25, 0.3) is 0 Å². The van der Waals surface area contributed by atoms with E-state index in [0.29, 0.717) is 5.92 Å². The Morgan fingerprint density at radius 3 is 2.90 bits per heavy atom. The fourth-order valence-corrected chi connectivity index (χ4v) is 4.47. The van der Waals surface area contributed by atoms with E-state index >= 15 is 0 Å². The van der Waals surface area contributed by atoms with Gasteiger partial charge in [-0.1, -0.05) is 29.8 Å². The number of para-hydroxylation sites is 1. The summed E-state index contributed by atoms with van der Waals surface area (Å²) in [6.07, 6.45) is 0.834. The van der Waals surface area contributed by atoms with Gasteiger partial charge < -0.3 is 9.30 Å². The quantitative estimate of drug-likeness (QED) is 0.760. The first-order valence-corrected chi connectivity index (χ1v) is 7.57. The topological polar surface area (TPSA) is 34.5 Å². The number of hydrogen-bond acceptors (Lipinski definition) is 3. The van der Waals surface area contributed by atoms with Crippen molar-refractivity contribution in [1.82, 2.24) is 9.47 Å². The third kappa shape index (κ3) is 1.63. The average Bonchev–Trinajstić information content (AvgIpc) is 3.10. The molecule has 0 N–H and O–H groups in total. The molecule has 2 aromatic rings. The molecule has 110 valence electrons. The second kappa shape index (κ2) is 4.49. The van der Waals surface area contributed by atoms with Crippen LogP contribution in [0.1, 0.15) is 18.2 Å². The monoisotopic (exact) mass is 304 g/mol. The second-order valence-corrected chi connectivity index (χ2v) is 6.35. The van der Waals surface area contributed by atoms with Gasteiger partial charge in [-0.25, -0.2) is 0 Å². The lowest BCUT2D eigenvalue weighted by Gasteiger charge is -2.23. The molecule has 1 aromatic carbocycles. The van der Waals surface area contributed by atoms with Crippen LogP contribution in [0.2, 0.25) is 5.02 Å². The van der Waals surface area contributed by atoms with Gasteiger partial charge in [0.1, 0.15) is 6.04 Å². The van der Waals surface area contributed by atoms with E-state index in [1.54, 1.807) is 0 Å². The van der Waals surface area contributed by atoms with Gasteiger partial charge in [-0.3, -0.25) is 9.69 Å². The van der Waals surface area contributed by atoms with Crippen LogP contribution in [-0.4, -0.2) is 35.6 Å². The van der Waals surface area contributed by atoms with Crippen molar-refractivity contribution >= 4 is 28.5 Å². The number of esters is 1. The molecule has 21 heavy (non-hydrogen) atoms. The molecule has 4 nitrogen and oxygen atoms in total. The summed E-state index contributed by atoms with van der Waals surface area (Å²) >= 11 is 6.63. The lowest BCUT2D eigenvalue weighted by Crippen LogP contribution is -2.35. The van der Waals surface area contributed by atoms with Gasteiger partial charge in [-0.2, -0.15) is 0 Å². The maximum atomic E-state index is 11.9. The highest BCUT2D eigenvalue weighted by molar-refractivity contribution is 6.36. The molecule has 3 atom stereocenters. The summed E-state index contributed by atoms with van der Waals surface area (Å²) in [5, 5.41) is 1.93. The van der Waals surface area contributed by atoms with Gasteiger partial charge in [0.2, 0.25) is 0 Å². The maximum Gasteiger partial charge on any atom is 0.323 e. The van der Waals surface area contributed by atoms with Crippen molar-refractivity contribution in [2.45, 2.75) is 25.0 Å². The molecule has 1 saturated heterocycles. The highest BCUT2D eigenvalue weighted by atomic mass is 35.5. The van der Waals surface area contributed by atoms with Crippen LogP contribution in [0.5, 0.6) is 0 Å². The van der Waals surface area contributed by atoms with Crippen LogP contribution in [-0.2, 0) is 16.1 Å². The zero-order valence-electron chi connectivity index (χ0n) is 12.0. The summed E-state index contributed by atoms with van der Waals surface area (Å²) < 4.78 is 7.24. The summed E-state index contributed by atoms with van der Waals surface area (Å²) in [5.41, 5.74) is 2.34. The van der Waals surface area contributed by atoms with Gasteiger partial charge in [0.15, 0.2) is 0 Å². The Kier molecular flexibility index (Phi) is 2.81. The standard InChI is InChI=1S/C16H17ClN2O2/c1-18-12(16(20)21-2)7-9-8-19-11-6-4-3-5-10(11)13(17)15(19)14(9)18/h3-6,9,12,14H,7-8H2,1-2H3/t9-,12-,14-/m0/s1. The third-order valence-electron chi connectivity index (χ3n) is 5.02. The third-order valence-corrected chi connectivity index (χ3v) is 5.42. The summed E-state index contributed by atoms with van der Waals surface area (Å²) in [7, 11) is 3.45. The van der Waals surface area contributed by atoms with Gasteiger partial charge in [0, 0.05) is 23.4 Å². The van der Waals surface area contributed by atoms with E-state index in [9.17, 15) is 4.79 Å². The van der Waals surface area contributed by atoms with Crippen LogP contribution < -0.4 is 0 Å². The smallest absolute Gasteiger partial charge is 0.323 e. The molecule has 0 aliphatic carbocycles. The van der Waals surface area contributed by atoms with Gasteiger partial charge in [-0.05, 0) is 19.5 Å². The zero-order chi connectivity index (χ0) is 14.7. The van der Waals surface area contributed by atoms with E-state index < -0.39 is 0 Å². The Hall–Kier alpha value is -1.52. The number of likely N-dealkylation sites (N-methyl/N-ethyl adjacent to an activating group) is 1. The van der Waals surface area contributed by atoms with Gasteiger partial charge in [0.05, 0.1) is 23.9 Å². The highest BCUT2D eigenvalue weighted by Crippen LogP contribution is 2.51. The first-order valence-electron chi connectivity index (χ1n) is 7.20. The maximum absolute atomic E-state index is 11.9. The SMILES string of the molecule is COC(=O)[C@@H]1C[C@H]2Cn3c(c(Cl)c4ccccc43)[C@H]2N1C. The molecule has 0 unspecified atom stereocenters. The van der Waals surface area contributed by atoms with E-state index in [4.69, 9.17) is 16.3 Å². The molecule has 0 amide bonds. The number of fused-ring (bicyclic) bond motifs is 5. The van der Waals surface area contributed by atoms with E-state index in [1.165, 1.54) is 12.6 Å². The minimum absolute atomic E-state index is 0.148.